The summed E-state index contributed by atoms with van der Waals surface area (Å²) in [5.41, 5.74) is 0.739. The van der Waals surface area contributed by atoms with Crippen LogP contribution in [0, 0.1) is 0 Å². The highest BCUT2D eigenvalue weighted by molar-refractivity contribution is 5.93. The first-order chi connectivity index (χ1) is 17.0. The molecule has 0 bridgehead atoms. The zero-order valence-electron chi connectivity index (χ0n) is 20.7. The van der Waals surface area contributed by atoms with Crippen LogP contribution in [-0.4, -0.2) is 112 Å². The van der Waals surface area contributed by atoms with Crippen LogP contribution in [-0.2, 0) is 14.3 Å². The average Bonchev–Trinajstić information content (AvgIpc) is 3.44. The Labute approximate surface area is 205 Å². The monoisotopic (exact) mass is 489 g/mol. The summed E-state index contributed by atoms with van der Waals surface area (Å²) in [6.07, 6.45) is 1.45. The van der Waals surface area contributed by atoms with Gasteiger partial charge < -0.3 is 38.8 Å². The van der Waals surface area contributed by atoms with Crippen molar-refractivity contribution in [1.82, 2.24) is 14.9 Å². The third-order valence-corrected chi connectivity index (χ3v) is 6.42. The number of likely N-dealkylation sites (N-methyl/N-ethyl adjacent to an activating group) is 1. The van der Waals surface area contributed by atoms with Crippen molar-refractivity contribution in [2.45, 2.75) is 18.9 Å². The van der Waals surface area contributed by atoms with Crippen LogP contribution < -0.4 is 19.3 Å². The van der Waals surface area contributed by atoms with Crippen molar-refractivity contribution in [2.24, 2.45) is 0 Å². The maximum absolute atomic E-state index is 12.7. The van der Waals surface area contributed by atoms with Crippen molar-refractivity contribution in [1.29, 1.82) is 0 Å². The van der Waals surface area contributed by atoms with Crippen LogP contribution in [0.4, 0.5) is 11.8 Å². The van der Waals surface area contributed by atoms with Gasteiger partial charge in [0.05, 0.1) is 39.6 Å². The zero-order chi connectivity index (χ0) is 24.8. The summed E-state index contributed by atoms with van der Waals surface area (Å²) >= 11 is 0. The molecule has 11 nitrogen and oxygen atoms in total. The van der Waals surface area contributed by atoms with Crippen LogP contribution >= 0.6 is 0 Å². The van der Waals surface area contributed by atoms with Gasteiger partial charge in [0.2, 0.25) is 5.95 Å². The van der Waals surface area contributed by atoms with Crippen molar-refractivity contribution in [3.05, 3.63) is 12.1 Å². The number of carbonyl (C=O) groups excluding carboxylic acids is 1. The average molecular weight is 490 g/mol. The maximum atomic E-state index is 12.7. The molecule has 2 aromatic rings. The van der Waals surface area contributed by atoms with Crippen LogP contribution in [0.25, 0.3) is 10.9 Å². The van der Waals surface area contributed by atoms with Crippen LogP contribution in [0.3, 0.4) is 0 Å². The highest BCUT2D eigenvalue weighted by atomic mass is 16.5. The molecule has 11 heteroatoms. The number of anilines is 2. The summed E-state index contributed by atoms with van der Waals surface area (Å²) in [6.45, 7) is 4.47. The number of methoxy groups -OCH3 is 2. The maximum Gasteiger partial charge on any atom is 0.251 e. The molecular formula is C24H35N5O6. The molecule has 1 amide bonds. The summed E-state index contributed by atoms with van der Waals surface area (Å²) < 4.78 is 22.0. The number of hydrogen-bond acceptors (Lipinski definition) is 10. The summed E-state index contributed by atoms with van der Waals surface area (Å²) in [5.74, 6) is 2.63. The van der Waals surface area contributed by atoms with Crippen molar-refractivity contribution in [3.8, 4) is 11.5 Å². The molecule has 2 aliphatic rings. The predicted molar refractivity (Wildman–Crippen MR) is 132 cm³/mol. The lowest BCUT2D eigenvalue weighted by atomic mass is 10.2. The molecule has 0 aliphatic carbocycles. The van der Waals surface area contributed by atoms with Gasteiger partial charge in [-0.05, 0) is 18.9 Å². The number of aliphatic hydroxyl groups excluding tert-OH is 1. The van der Waals surface area contributed by atoms with Gasteiger partial charge in [-0.3, -0.25) is 4.79 Å². The molecule has 3 heterocycles. The smallest absolute Gasteiger partial charge is 0.251 e. The first-order valence-corrected chi connectivity index (χ1v) is 12.0. The second kappa shape index (κ2) is 11.7. The van der Waals surface area contributed by atoms with Gasteiger partial charge >= 0.3 is 0 Å². The Balaban J connectivity index is 1.58. The molecule has 1 unspecified atom stereocenters. The number of rotatable bonds is 10. The van der Waals surface area contributed by atoms with Crippen LogP contribution in [0.1, 0.15) is 12.8 Å². The molecule has 0 spiro atoms. The van der Waals surface area contributed by atoms with Crippen LogP contribution in [0.15, 0.2) is 12.1 Å². The van der Waals surface area contributed by atoms with E-state index in [0.717, 1.165) is 29.6 Å². The van der Waals surface area contributed by atoms with E-state index in [1.54, 1.807) is 14.2 Å². The summed E-state index contributed by atoms with van der Waals surface area (Å²) in [7, 11) is 5.15. The number of aromatic nitrogens is 2. The number of carbonyl (C=O) groups is 1. The summed E-state index contributed by atoms with van der Waals surface area (Å²) in [6, 6.07) is 3.74. The summed E-state index contributed by atoms with van der Waals surface area (Å²) in [5, 5.41) is 9.81. The topological polar surface area (TPSA) is 110 Å². The lowest BCUT2D eigenvalue weighted by Gasteiger charge is -2.36. The van der Waals surface area contributed by atoms with E-state index in [4.69, 9.17) is 34.0 Å². The molecule has 2 fully saturated rings. The second-order valence-corrected chi connectivity index (χ2v) is 8.64. The fraction of sp³-hybridized carbons (Fsp3) is 0.625. The normalized spacial score (nSPS) is 18.2. The molecule has 0 radical (unpaired) electrons. The Morgan fingerprint density at radius 3 is 2.54 bits per heavy atom. The number of ether oxygens (including phenoxy) is 4. The summed E-state index contributed by atoms with van der Waals surface area (Å²) in [4.78, 5) is 28.5. The molecule has 35 heavy (non-hydrogen) atoms. The van der Waals surface area contributed by atoms with Gasteiger partial charge in [-0.1, -0.05) is 0 Å². The van der Waals surface area contributed by atoms with Gasteiger partial charge in [-0.25, -0.2) is 4.98 Å². The number of nitrogens with zero attached hydrogens (tertiary/aromatic N) is 5. The Bertz CT molecular complexity index is 1010. The Kier molecular flexibility index (Phi) is 8.42. The van der Waals surface area contributed by atoms with Gasteiger partial charge in [-0.15, -0.1) is 0 Å². The van der Waals surface area contributed by atoms with Crippen LogP contribution in [0.5, 0.6) is 11.5 Å². The number of fused-ring (bicyclic) bond motifs is 1. The highest BCUT2D eigenvalue weighted by Crippen LogP contribution is 2.36. The minimum absolute atomic E-state index is 0.0113. The Hall–Kier alpha value is -2.89. The molecule has 1 N–H and O–H groups in total. The molecule has 1 aromatic heterocycles. The molecule has 1 atom stereocenters. The zero-order valence-corrected chi connectivity index (χ0v) is 20.7. The Morgan fingerprint density at radius 1 is 1.14 bits per heavy atom. The molecular weight excluding hydrogens is 454 g/mol. The fourth-order valence-corrected chi connectivity index (χ4v) is 4.44. The molecule has 2 aliphatic heterocycles. The first-order valence-electron chi connectivity index (χ1n) is 12.0. The lowest BCUT2D eigenvalue weighted by molar-refractivity contribution is -0.141. The molecule has 192 valence electrons. The van der Waals surface area contributed by atoms with Gasteiger partial charge in [0.1, 0.15) is 11.9 Å². The number of piperazine rings is 1. The van der Waals surface area contributed by atoms with Gasteiger partial charge in [0.15, 0.2) is 11.5 Å². The van der Waals surface area contributed by atoms with E-state index >= 15 is 0 Å². The second-order valence-electron chi connectivity index (χ2n) is 8.64. The Morgan fingerprint density at radius 2 is 1.89 bits per heavy atom. The quantitative estimate of drug-likeness (QED) is 0.484. The van der Waals surface area contributed by atoms with E-state index < -0.39 is 0 Å². The number of amides is 1. The number of benzene rings is 1. The highest BCUT2D eigenvalue weighted by Gasteiger charge is 2.31. The van der Waals surface area contributed by atoms with Crippen LogP contribution in [0.2, 0.25) is 0 Å². The van der Waals surface area contributed by atoms with Crippen molar-refractivity contribution < 1.29 is 28.8 Å². The fourth-order valence-electron chi connectivity index (χ4n) is 4.44. The third-order valence-electron chi connectivity index (χ3n) is 6.42. The van der Waals surface area contributed by atoms with E-state index in [9.17, 15) is 4.79 Å². The van der Waals surface area contributed by atoms with E-state index in [1.165, 1.54) is 0 Å². The molecule has 2 saturated heterocycles. The number of hydrogen-bond donors (Lipinski definition) is 1. The minimum Gasteiger partial charge on any atom is -0.493 e. The SMILES string of the molecule is COc1cc2nc(N3CCN(C(=O)C4CCCO4)CC3)nc(N(C)CCOCCO)c2cc1OC. The molecule has 4 rings (SSSR count). The molecule has 0 saturated carbocycles. The lowest BCUT2D eigenvalue weighted by Crippen LogP contribution is -2.51. The van der Waals surface area contributed by atoms with E-state index in [-0.39, 0.29) is 18.6 Å². The van der Waals surface area contributed by atoms with Crippen molar-refractivity contribution in [2.75, 3.05) is 90.2 Å². The largest absolute Gasteiger partial charge is 0.493 e. The van der Waals surface area contributed by atoms with Crippen molar-refractivity contribution in [3.63, 3.8) is 0 Å². The van der Waals surface area contributed by atoms with E-state index in [0.29, 0.717) is 70.0 Å². The standard InChI is InChI=1S/C24H35N5O6/c1-27(10-13-34-14-11-30)22-17-15-20(32-2)21(33-3)16-18(17)25-24(26-22)29-8-6-28(7-9-29)23(31)19-5-4-12-35-19/h15-16,19,30H,4-14H2,1-3H3. The minimum atomic E-state index is -0.297. The van der Waals surface area contributed by atoms with Crippen molar-refractivity contribution >= 4 is 28.6 Å². The van der Waals surface area contributed by atoms with Gasteiger partial charge in [-0.2, -0.15) is 4.98 Å². The van der Waals surface area contributed by atoms with Gasteiger partial charge in [0.25, 0.3) is 5.91 Å². The first kappa shape index (κ1) is 25.2. The molecule has 1 aromatic carbocycles. The third kappa shape index (κ3) is 5.68. The predicted octanol–water partition coefficient (Wildman–Crippen LogP) is 0.920. The van der Waals surface area contributed by atoms with E-state index in [2.05, 4.69) is 4.90 Å². The van der Waals surface area contributed by atoms with E-state index in [1.807, 2.05) is 29.0 Å². The van der Waals surface area contributed by atoms with Gasteiger partial charge in [0, 0.05) is 57.8 Å². The number of aliphatic hydroxyl groups is 1.